The van der Waals surface area contributed by atoms with Crippen LogP contribution in [0.5, 0.6) is 0 Å². The molecule has 1 saturated carbocycles. The van der Waals surface area contributed by atoms with Crippen molar-refractivity contribution in [1.29, 1.82) is 0 Å². The third-order valence-corrected chi connectivity index (χ3v) is 3.44. The largest absolute Gasteiger partial charge is 0.349 e. The molecule has 0 aromatic carbocycles. The minimum Gasteiger partial charge on any atom is -0.294 e. The molecule has 2 rings (SSSR count). The number of aromatic nitrogens is 2. The smallest absolute Gasteiger partial charge is 0.294 e. The van der Waals surface area contributed by atoms with E-state index in [2.05, 4.69) is 5.10 Å². The topological polar surface area (TPSA) is 38.1 Å². The molecule has 1 aliphatic carbocycles. The molecular weight excluding hydrogens is 238 g/mol. The maximum absolute atomic E-state index is 12.5. The van der Waals surface area contributed by atoms with E-state index in [1.54, 1.807) is 23.4 Å². The van der Waals surface area contributed by atoms with E-state index in [-0.39, 0.29) is 11.6 Å². The fraction of sp³-hybridized carbons (Fsp3) is 0.600. The first-order valence-corrected chi connectivity index (χ1v) is 7.01. The van der Waals surface area contributed by atoms with Gasteiger partial charge >= 0.3 is 6.03 Å². The lowest BCUT2D eigenvalue weighted by Gasteiger charge is -2.33. The Bertz CT molecular complexity index is 446. The van der Waals surface area contributed by atoms with Crippen molar-refractivity contribution in [1.82, 2.24) is 14.7 Å². The van der Waals surface area contributed by atoms with Gasteiger partial charge in [0.25, 0.3) is 0 Å². The zero-order valence-electron chi connectivity index (χ0n) is 12.1. The first-order chi connectivity index (χ1) is 8.98. The van der Waals surface area contributed by atoms with Crippen LogP contribution in [0, 0.1) is 0 Å². The van der Waals surface area contributed by atoms with Gasteiger partial charge in [0.1, 0.15) is 0 Å². The Morgan fingerprint density at radius 3 is 2.53 bits per heavy atom. The van der Waals surface area contributed by atoms with E-state index < -0.39 is 0 Å². The Morgan fingerprint density at radius 1 is 1.32 bits per heavy atom. The summed E-state index contributed by atoms with van der Waals surface area (Å²) >= 11 is 0. The normalized spacial score (nSPS) is 16.3. The number of hydrogen-bond donors (Lipinski definition) is 0. The summed E-state index contributed by atoms with van der Waals surface area (Å²) in [6.07, 6.45) is 11.4. The molecule has 1 amide bonds. The SMILES string of the molecule is CC(C)(C)N(C=C1CCCCC1)C(=O)n1cccn1. The van der Waals surface area contributed by atoms with Crippen LogP contribution in [0.15, 0.2) is 30.2 Å². The lowest BCUT2D eigenvalue weighted by atomic mass is 9.95. The monoisotopic (exact) mass is 261 g/mol. The van der Waals surface area contributed by atoms with Gasteiger partial charge in [-0.05, 0) is 52.5 Å². The molecule has 1 aromatic heterocycles. The quantitative estimate of drug-likeness (QED) is 0.771. The van der Waals surface area contributed by atoms with E-state index in [0.29, 0.717) is 0 Å². The van der Waals surface area contributed by atoms with Gasteiger partial charge in [-0.3, -0.25) is 4.90 Å². The average molecular weight is 261 g/mol. The molecular formula is C15H23N3O. The van der Waals surface area contributed by atoms with Gasteiger partial charge in [0.2, 0.25) is 0 Å². The van der Waals surface area contributed by atoms with E-state index in [1.165, 1.54) is 29.5 Å². The van der Waals surface area contributed by atoms with Crippen LogP contribution in [0.25, 0.3) is 0 Å². The summed E-state index contributed by atoms with van der Waals surface area (Å²) in [6.45, 7) is 6.15. The molecule has 0 atom stereocenters. The standard InChI is InChI=1S/C15H23N3O/c1-15(2,3)17(12-13-8-5-4-6-9-13)14(19)18-11-7-10-16-18/h7,10-12H,4-6,8-9H2,1-3H3. The number of rotatable bonds is 1. The Labute approximate surface area is 115 Å². The van der Waals surface area contributed by atoms with Crippen LogP contribution in [0.3, 0.4) is 0 Å². The minimum absolute atomic E-state index is 0.0874. The molecule has 0 N–H and O–H groups in total. The molecule has 0 bridgehead atoms. The molecule has 0 spiro atoms. The predicted molar refractivity (Wildman–Crippen MR) is 75.8 cm³/mol. The molecule has 19 heavy (non-hydrogen) atoms. The van der Waals surface area contributed by atoms with Gasteiger partial charge in [-0.1, -0.05) is 12.0 Å². The summed E-state index contributed by atoms with van der Waals surface area (Å²) in [5.41, 5.74) is 1.13. The molecule has 4 heteroatoms. The fourth-order valence-electron chi connectivity index (χ4n) is 2.35. The second-order valence-electron chi connectivity index (χ2n) is 6.12. The highest BCUT2D eigenvalue weighted by molar-refractivity contribution is 5.77. The Kier molecular flexibility index (Phi) is 4.08. The van der Waals surface area contributed by atoms with E-state index in [1.807, 2.05) is 27.0 Å². The first-order valence-electron chi connectivity index (χ1n) is 7.01. The van der Waals surface area contributed by atoms with Gasteiger partial charge in [-0.15, -0.1) is 0 Å². The maximum atomic E-state index is 12.5. The number of carbonyl (C=O) groups excluding carboxylic acids is 1. The Balaban J connectivity index is 2.24. The van der Waals surface area contributed by atoms with Crippen molar-refractivity contribution in [3.8, 4) is 0 Å². The molecule has 4 nitrogen and oxygen atoms in total. The lowest BCUT2D eigenvalue weighted by Crippen LogP contribution is -2.44. The zero-order chi connectivity index (χ0) is 13.9. The van der Waals surface area contributed by atoms with Crippen LogP contribution in [-0.2, 0) is 0 Å². The van der Waals surface area contributed by atoms with Gasteiger partial charge in [-0.25, -0.2) is 4.79 Å². The summed E-state index contributed by atoms with van der Waals surface area (Å²) in [5.74, 6) is 0. The molecule has 0 aliphatic heterocycles. The number of carbonyl (C=O) groups is 1. The summed E-state index contributed by atoms with van der Waals surface area (Å²) in [6, 6.07) is 1.68. The average Bonchev–Trinajstić information content (AvgIpc) is 2.89. The number of nitrogens with zero attached hydrogens (tertiary/aromatic N) is 3. The molecule has 0 unspecified atom stereocenters. The molecule has 104 valence electrons. The Morgan fingerprint density at radius 2 is 2.00 bits per heavy atom. The number of amides is 1. The first kappa shape index (κ1) is 13.8. The Hall–Kier alpha value is -1.58. The highest BCUT2D eigenvalue weighted by Crippen LogP contribution is 2.25. The van der Waals surface area contributed by atoms with Crippen molar-refractivity contribution in [3.63, 3.8) is 0 Å². The van der Waals surface area contributed by atoms with E-state index in [9.17, 15) is 4.79 Å². The second kappa shape index (κ2) is 5.59. The summed E-state index contributed by atoms with van der Waals surface area (Å²) in [4.78, 5) is 14.3. The molecule has 0 radical (unpaired) electrons. The van der Waals surface area contributed by atoms with Crippen molar-refractivity contribution < 1.29 is 4.79 Å². The van der Waals surface area contributed by atoms with E-state index in [0.717, 1.165) is 12.8 Å². The van der Waals surface area contributed by atoms with Gasteiger partial charge in [0.15, 0.2) is 0 Å². The molecule has 1 fully saturated rings. The van der Waals surface area contributed by atoms with E-state index in [4.69, 9.17) is 0 Å². The van der Waals surface area contributed by atoms with Crippen molar-refractivity contribution >= 4 is 6.03 Å². The van der Waals surface area contributed by atoms with Crippen molar-refractivity contribution in [2.75, 3.05) is 0 Å². The third kappa shape index (κ3) is 3.46. The predicted octanol–water partition coefficient (Wildman–Crippen LogP) is 3.80. The highest BCUT2D eigenvalue weighted by atomic mass is 16.2. The summed E-state index contributed by atoms with van der Waals surface area (Å²) in [5, 5.41) is 4.04. The maximum Gasteiger partial charge on any atom is 0.349 e. The van der Waals surface area contributed by atoms with Crippen molar-refractivity contribution in [2.45, 2.75) is 58.4 Å². The molecule has 1 heterocycles. The molecule has 0 saturated heterocycles. The van der Waals surface area contributed by atoms with Crippen molar-refractivity contribution in [3.05, 3.63) is 30.2 Å². The summed E-state index contributed by atoms with van der Waals surface area (Å²) in [7, 11) is 0. The zero-order valence-corrected chi connectivity index (χ0v) is 12.1. The van der Waals surface area contributed by atoms with Crippen LogP contribution in [0.1, 0.15) is 52.9 Å². The summed E-state index contributed by atoms with van der Waals surface area (Å²) < 4.78 is 1.39. The van der Waals surface area contributed by atoms with Crippen LogP contribution < -0.4 is 0 Å². The number of allylic oxidation sites excluding steroid dienone is 1. The molecule has 1 aliphatic rings. The van der Waals surface area contributed by atoms with E-state index >= 15 is 0 Å². The van der Waals surface area contributed by atoms with Crippen molar-refractivity contribution in [2.24, 2.45) is 0 Å². The lowest BCUT2D eigenvalue weighted by molar-refractivity contribution is 0.176. The van der Waals surface area contributed by atoms with Gasteiger partial charge < -0.3 is 0 Å². The highest BCUT2D eigenvalue weighted by Gasteiger charge is 2.27. The van der Waals surface area contributed by atoms with Crippen LogP contribution in [0.4, 0.5) is 4.79 Å². The second-order valence-corrected chi connectivity index (χ2v) is 6.12. The third-order valence-electron chi connectivity index (χ3n) is 3.44. The van der Waals surface area contributed by atoms with Crippen LogP contribution >= 0.6 is 0 Å². The van der Waals surface area contributed by atoms with Gasteiger partial charge in [0.05, 0.1) is 0 Å². The van der Waals surface area contributed by atoms with Crippen LogP contribution in [-0.4, -0.2) is 26.3 Å². The van der Waals surface area contributed by atoms with Gasteiger partial charge in [-0.2, -0.15) is 9.78 Å². The van der Waals surface area contributed by atoms with Gasteiger partial charge in [0, 0.05) is 24.1 Å². The minimum atomic E-state index is -0.243. The number of hydrogen-bond acceptors (Lipinski definition) is 2. The molecule has 1 aromatic rings. The van der Waals surface area contributed by atoms with Crippen LogP contribution in [0.2, 0.25) is 0 Å². The fourth-order valence-corrected chi connectivity index (χ4v) is 2.35.